The molecule has 2 heterocycles. The Bertz CT molecular complexity index is 815. The number of carbonyl (C=O) groups excluding carboxylic acids is 1. The Morgan fingerprint density at radius 2 is 1.83 bits per heavy atom. The van der Waals surface area contributed by atoms with Crippen molar-refractivity contribution in [3.63, 3.8) is 0 Å². The van der Waals surface area contributed by atoms with E-state index in [2.05, 4.69) is 15.0 Å². The van der Waals surface area contributed by atoms with Gasteiger partial charge >= 0.3 is 12.2 Å². The number of aromatic nitrogens is 1. The third-order valence-corrected chi connectivity index (χ3v) is 7.38. The predicted molar refractivity (Wildman–Crippen MR) is 97.2 cm³/mol. The number of nitrogens with one attached hydrogen (secondary N) is 1. The Hall–Kier alpha value is -1.86. The first kappa shape index (κ1) is 21.8. The Kier molecular flexibility index (Phi) is 6.39. The molecule has 1 aromatic rings. The maximum atomic E-state index is 12.9. The molecule has 29 heavy (non-hydrogen) atoms. The third-order valence-electron chi connectivity index (χ3n) is 5.34. The zero-order valence-corrected chi connectivity index (χ0v) is 16.8. The summed E-state index contributed by atoms with van der Waals surface area (Å²) in [4.78, 5) is 13.6. The number of carbonyl (C=O) groups is 1. The SMILES string of the molecule is CN(C1CCCCC1)S(=O)(=O)N1CCN(C(=O)Nc2cc(C(F)(F)F)no2)CC1. The molecule has 9 nitrogen and oxygen atoms in total. The van der Waals surface area contributed by atoms with Crippen LogP contribution in [0.15, 0.2) is 10.6 Å². The number of nitrogens with zero attached hydrogens (tertiary/aromatic N) is 4. The number of rotatable bonds is 4. The molecule has 1 aromatic heterocycles. The van der Waals surface area contributed by atoms with Crippen LogP contribution in [-0.4, -0.2) is 72.4 Å². The van der Waals surface area contributed by atoms with Gasteiger partial charge in [0.05, 0.1) is 0 Å². The monoisotopic (exact) mass is 439 g/mol. The minimum atomic E-state index is -4.67. The molecule has 2 fully saturated rings. The molecule has 1 saturated heterocycles. The van der Waals surface area contributed by atoms with Crippen molar-refractivity contribution in [1.82, 2.24) is 18.7 Å². The van der Waals surface area contributed by atoms with Gasteiger partial charge in [-0.2, -0.15) is 30.2 Å². The summed E-state index contributed by atoms with van der Waals surface area (Å²) in [7, 11) is -2.04. The average Bonchev–Trinajstić information content (AvgIpc) is 3.17. The molecule has 1 aliphatic heterocycles. The molecule has 0 radical (unpaired) electrons. The van der Waals surface area contributed by atoms with E-state index in [4.69, 9.17) is 0 Å². The van der Waals surface area contributed by atoms with Crippen LogP contribution in [0, 0.1) is 0 Å². The Labute approximate surface area is 167 Å². The van der Waals surface area contributed by atoms with Crippen LogP contribution in [0.25, 0.3) is 0 Å². The highest BCUT2D eigenvalue weighted by atomic mass is 32.2. The van der Waals surface area contributed by atoms with Crippen molar-refractivity contribution in [2.45, 2.75) is 44.3 Å². The van der Waals surface area contributed by atoms with Gasteiger partial charge in [-0.3, -0.25) is 5.32 Å². The molecule has 164 valence electrons. The van der Waals surface area contributed by atoms with Gasteiger partial charge in [0, 0.05) is 45.3 Å². The second kappa shape index (κ2) is 8.48. The standard InChI is InChI=1S/C16H24F3N5O4S/c1-22(12-5-3-2-4-6-12)29(26,27)24-9-7-23(8-10-24)15(25)20-14-11-13(21-28-14)16(17,18)19/h11-12H,2-10H2,1H3,(H,20,25). The lowest BCUT2D eigenvalue weighted by atomic mass is 9.96. The minimum Gasteiger partial charge on any atom is -0.338 e. The minimum absolute atomic E-state index is 0.00985. The van der Waals surface area contributed by atoms with E-state index in [1.807, 2.05) is 0 Å². The van der Waals surface area contributed by atoms with Crippen LogP contribution < -0.4 is 5.32 Å². The summed E-state index contributed by atoms with van der Waals surface area (Å²) in [5, 5.41) is 5.08. The van der Waals surface area contributed by atoms with Gasteiger partial charge in [-0.05, 0) is 12.8 Å². The highest BCUT2D eigenvalue weighted by molar-refractivity contribution is 7.86. The number of alkyl halides is 3. The molecule has 0 bridgehead atoms. The second-order valence-corrected chi connectivity index (χ2v) is 9.19. The smallest absolute Gasteiger partial charge is 0.338 e. The van der Waals surface area contributed by atoms with E-state index >= 15 is 0 Å². The van der Waals surface area contributed by atoms with Gasteiger partial charge in [0.15, 0.2) is 5.69 Å². The first-order chi connectivity index (χ1) is 13.6. The Morgan fingerprint density at radius 3 is 2.38 bits per heavy atom. The lowest BCUT2D eigenvalue weighted by Gasteiger charge is -2.38. The summed E-state index contributed by atoms with van der Waals surface area (Å²) in [5.41, 5.74) is -1.24. The molecule has 0 aromatic carbocycles. The van der Waals surface area contributed by atoms with Crippen molar-refractivity contribution in [3.05, 3.63) is 11.8 Å². The topological polar surface area (TPSA) is 99.0 Å². The molecule has 2 amide bonds. The van der Waals surface area contributed by atoms with Crippen LogP contribution in [-0.2, 0) is 16.4 Å². The first-order valence-corrected chi connectivity index (χ1v) is 10.8. The molecule has 1 N–H and O–H groups in total. The first-order valence-electron chi connectivity index (χ1n) is 9.42. The van der Waals surface area contributed by atoms with Crippen molar-refractivity contribution in [2.24, 2.45) is 0 Å². The molecule has 3 rings (SSSR count). The van der Waals surface area contributed by atoms with Crippen LogP contribution >= 0.6 is 0 Å². The third kappa shape index (κ3) is 5.01. The number of piperazine rings is 1. The number of amides is 2. The number of hydrogen-bond donors (Lipinski definition) is 1. The Morgan fingerprint density at radius 1 is 1.21 bits per heavy atom. The number of halogens is 3. The van der Waals surface area contributed by atoms with Gasteiger partial charge < -0.3 is 9.42 Å². The van der Waals surface area contributed by atoms with E-state index in [0.29, 0.717) is 6.07 Å². The van der Waals surface area contributed by atoms with E-state index in [-0.39, 0.29) is 32.2 Å². The highest BCUT2D eigenvalue weighted by Gasteiger charge is 2.37. The van der Waals surface area contributed by atoms with E-state index in [1.54, 1.807) is 7.05 Å². The van der Waals surface area contributed by atoms with Gasteiger partial charge in [-0.15, -0.1) is 0 Å². The van der Waals surface area contributed by atoms with Crippen LogP contribution in [0.2, 0.25) is 0 Å². The molecular weight excluding hydrogens is 415 g/mol. The van der Waals surface area contributed by atoms with Crippen molar-refractivity contribution < 1.29 is 30.9 Å². The fourth-order valence-electron chi connectivity index (χ4n) is 3.59. The van der Waals surface area contributed by atoms with Gasteiger partial charge in [-0.1, -0.05) is 24.4 Å². The summed E-state index contributed by atoms with van der Waals surface area (Å²) in [6.07, 6.45) is 0.154. The molecular formula is C16H24F3N5O4S. The summed E-state index contributed by atoms with van der Waals surface area (Å²) in [5.74, 6) is -0.422. The lowest BCUT2D eigenvalue weighted by molar-refractivity contribution is -0.142. The molecule has 0 unspecified atom stereocenters. The largest absolute Gasteiger partial charge is 0.436 e. The summed E-state index contributed by atoms with van der Waals surface area (Å²) < 4.78 is 70.6. The van der Waals surface area contributed by atoms with E-state index in [9.17, 15) is 26.4 Å². The van der Waals surface area contributed by atoms with Gasteiger partial charge in [0.25, 0.3) is 10.2 Å². The van der Waals surface area contributed by atoms with Gasteiger partial charge in [-0.25, -0.2) is 4.79 Å². The normalized spacial score (nSPS) is 20.2. The fraction of sp³-hybridized carbons (Fsp3) is 0.750. The Balaban J connectivity index is 1.54. The molecule has 0 atom stereocenters. The number of anilines is 1. The van der Waals surface area contributed by atoms with Crippen LogP contribution in [0.4, 0.5) is 23.8 Å². The zero-order chi connectivity index (χ0) is 21.2. The average molecular weight is 439 g/mol. The summed E-state index contributed by atoms with van der Waals surface area (Å²) >= 11 is 0. The zero-order valence-electron chi connectivity index (χ0n) is 16.0. The van der Waals surface area contributed by atoms with Crippen LogP contribution in [0.5, 0.6) is 0 Å². The number of urea groups is 1. The highest BCUT2D eigenvalue weighted by Crippen LogP contribution is 2.30. The van der Waals surface area contributed by atoms with Crippen molar-refractivity contribution in [3.8, 4) is 0 Å². The van der Waals surface area contributed by atoms with Gasteiger partial charge in [0.2, 0.25) is 5.88 Å². The van der Waals surface area contributed by atoms with Crippen molar-refractivity contribution >= 4 is 22.1 Å². The molecule has 1 saturated carbocycles. The van der Waals surface area contributed by atoms with E-state index in [1.165, 1.54) is 13.5 Å². The lowest BCUT2D eigenvalue weighted by Crippen LogP contribution is -2.55. The van der Waals surface area contributed by atoms with Crippen molar-refractivity contribution in [1.29, 1.82) is 0 Å². The second-order valence-electron chi connectivity index (χ2n) is 7.21. The molecule has 1 aliphatic carbocycles. The maximum Gasteiger partial charge on any atom is 0.436 e. The maximum absolute atomic E-state index is 12.9. The molecule has 2 aliphatic rings. The summed E-state index contributed by atoms with van der Waals surface area (Å²) in [6, 6.07) is -0.0884. The van der Waals surface area contributed by atoms with E-state index < -0.39 is 34.0 Å². The predicted octanol–water partition coefficient (Wildman–Crippen LogP) is 2.35. The molecule has 0 spiro atoms. The number of hydrogen-bond acceptors (Lipinski definition) is 5. The van der Waals surface area contributed by atoms with E-state index in [0.717, 1.165) is 32.1 Å². The van der Waals surface area contributed by atoms with Crippen molar-refractivity contribution in [2.75, 3.05) is 38.5 Å². The quantitative estimate of drug-likeness (QED) is 0.777. The fourth-order valence-corrected chi connectivity index (χ4v) is 5.17. The van der Waals surface area contributed by atoms with Gasteiger partial charge in [0.1, 0.15) is 0 Å². The summed E-state index contributed by atoms with van der Waals surface area (Å²) in [6.45, 7) is 0.446. The van der Waals surface area contributed by atoms with Crippen LogP contribution in [0.1, 0.15) is 37.8 Å². The molecule has 13 heteroatoms. The van der Waals surface area contributed by atoms with Crippen LogP contribution in [0.3, 0.4) is 0 Å².